The molecule has 3 aromatic rings. The minimum atomic E-state index is 0.547. The number of pyridine rings is 1. The molecule has 0 amide bonds. The van der Waals surface area contributed by atoms with E-state index in [1.54, 1.807) is 0 Å². The fourth-order valence-electron chi connectivity index (χ4n) is 4.23. The van der Waals surface area contributed by atoms with Gasteiger partial charge in [0.1, 0.15) is 0 Å². The first-order valence-electron chi connectivity index (χ1n) is 10.5. The van der Waals surface area contributed by atoms with Crippen molar-refractivity contribution >= 4 is 34.9 Å². The van der Waals surface area contributed by atoms with E-state index in [9.17, 15) is 0 Å². The summed E-state index contributed by atoms with van der Waals surface area (Å²) in [5.41, 5.74) is 4.98. The number of piperidine rings is 1. The van der Waals surface area contributed by atoms with Gasteiger partial charge in [-0.15, -0.1) is 0 Å². The third kappa shape index (κ3) is 3.92. The third-order valence-electron chi connectivity index (χ3n) is 6.09. The fourth-order valence-corrected chi connectivity index (χ4v) is 4.53. The molecular formula is C23H25ClN6. The molecule has 2 fully saturated rings. The van der Waals surface area contributed by atoms with Crippen LogP contribution in [0.25, 0.3) is 0 Å². The monoisotopic (exact) mass is 420 g/mol. The number of rotatable bonds is 6. The van der Waals surface area contributed by atoms with Crippen molar-refractivity contribution in [2.45, 2.75) is 37.6 Å². The van der Waals surface area contributed by atoms with Gasteiger partial charge < -0.3 is 15.6 Å². The molecule has 5 rings (SSSR count). The molecule has 2 aliphatic rings. The van der Waals surface area contributed by atoms with E-state index in [1.807, 2.05) is 35.5 Å². The van der Waals surface area contributed by atoms with E-state index in [0.717, 1.165) is 48.6 Å². The normalized spacial score (nSPS) is 17.2. The van der Waals surface area contributed by atoms with Crippen molar-refractivity contribution < 1.29 is 0 Å². The Kier molecular flexibility index (Phi) is 5.17. The molecule has 3 heterocycles. The average Bonchev–Trinajstić information content (AvgIpc) is 3.54. The lowest BCUT2D eigenvalue weighted by atomic mass is 9.90. The lowest BCUT2D eigenvalue weighted by Gasteiger charge is -2.34. The molecule has 154 valence electrons. The van der Waals surface area contributed by atoms with Gasteiger partial charge in [0.15, 0.2) is 0 Å². The molecule has 1 aliphatic heterocycles. The number of nitrogens with one attached hydrogen (secondary N) is 2. The summed E-state index contributed by atoms with van der Waals surface area (Å²) in [6.45, 7) is 1.91. The van der Waals surface area contributed by atoms with Gasteiger partial charge in [-0.3, -0.25) is 9.67 Å². The zero-order chi connectivity index (χ0) is 20.5. The number of nitrogens with zero attached hydrogens (tertiary/aromatic N) is 4. The minimum Gasteiger partial charge on any atom is -0.370 e. The summed E-state index contributed by atoms with van der Waals surface area (Å²) in [6.07, 6.45) is 13.6. The van der Waals surface area contributed by atoms with Crippen LogP contribution in [-0.2, 0) is 0 Å². The Balaban J connectivity index is 1.34. The molecule has 1 saturated heterocycles. The van der Waals surface area contributed by atoms with Crippen molar-refractivity contribution in [2.75, 3.05) is 23.3 Å². The number of anilines is 3. The molecule has 1 saturated carbocycles. The Morgan fingerprint density at radius 1 is 1.10 bits per heavy atom. The number of halogens is 1. The van der Waals surface area contributed by atoms with Gasteiger partial charge in [0.2, 0.25) is 0 Å². The van der Waals surface area contributed by atoms with Crippen LogP contribution in [-0.4, -0.2) is 34.1 Å². The summed E-state index contributed by atoms with van der Waals surface area (Å²) in [5.74, 6) is 0.565. The second-order valence-corrected chi connectivity index (χ2v) is 8.55. The molecule has 0 atom stereocenters. The quantitative estimate of drug-likeness (QED) is 0.524. The first-order chi connectivity index (χ1) is 14.7. The number of benzene rings is 1. The molecule has 30 heavy (non-hydrogen) atoms. The molecule has 0 unspecified atom stereocenters. The summed E-state index contributed by atoms with van der Waals surface area (Å²) in [4.78, 5) is 6.48. The Morgan fingerprint density at radius 2 is 1.87 bits per heavy atom. The second kappa shape index (κ2) is 8.11. The fraction of sp³-hybridized carbons (Fsp3) is 0.348. The van der Waals surface area contributed by atoms with Gasteiger partial charge in [0, 0.05) is 49.1 Å². The summed E-state index contributed by atoms with van der Waals surface area (Å²) in [6, 6.07) is 8.74. The van der Waals surface area contributed by atoms with Crippen LogP contribution >= 0.6 is 11.6 Å². The van der Waals surface area contributed by atoms with Crippen LogP contribution < -0.4 is 10.2 Å². The van der Waals surface area contributed by atoms with Crippen LogP contribution in [0.2, 0.25) is 5.02 Å². The molecular weight excluding hydrogens is 396 g/mol. The third-order valence-corrected chi connectivity index (χ3v) is 6.39. The Labute approximate surface area is 181 Å². The zero-order valence-electron chi connectivity index (χ0n) is 16.8. The smallest absolute Gasteiger partial charge is 0.0770 e. The number of hydrogen-bond donors (Lipinski definition) is 2. The molecule has 1 aliphatic carbocycles. The van der Waals surface area contributed by atoms with Crippen LogP contribution in [0.5, 0.6) is 0 Å². The van der Waals surface area contributed by atoms with Gasteiger partial charge in [-0.05, 0) is 61.4 Å². The lowest BCUT2D eigenvalue weighted by molar-refractivity contribution is 0.505. The molecule has 7 heteroatoms. The molecule has 1 aromatic carbocycles. The highest BCUT2D eigenvalue weighted by Crippen LogP contribution is 2.38. The number of hydrogen-bond acceptors (Lipinski definition) is 5. The van der Waals surface area contributed by atoms with Crippen molar-refractivity contribution in [3.63, 3.8) is 0 Å². The average molecular weight is 421 g/mol. The van der Waals surface area contributed by atoms with Crippen molar-refractivity contribution in [2.24, 2.45) is 0 Å². The van der Waals surface area contributed by atoms with E-state index in [4.69, 9.17) is 17.0 Å². The first-order valence-corrected chi connectivity index (χ1v) is 10.9. The predicted molar refractivity (Wildman–Crippen MR) is 122 cm³/mol. The molecule has 0 bridgehead atoms. The van der Waals surface area contributed by atoms with Crippen LogP contribution in [0.1, 0.15) is 48.8 Å². The zero-order valence-corrected chi connectivity index (χ0v) is 17.5. The van der Waals surface area contributed by atoms with Crippen molar-refractivity contribution in [3.8, 4) is 0 Å². The maximum absolute atomic E-state index is 7.80. The molecule has 0 spiro atoms. The second-order valence-electron chi connectivity index (χ2n) is 8.14. The maximum Gasteiger partial charge on any atom is 0.0770 e. The van der Waals surface area contributed by atoms with Crippen LogP contribution in [0.4, 0.5) is 17.1 Å². The maximum atomic E-state index is 7.80. The standard InChI is InChI=1S/C23H25ClN6/c24-21-11-18(13-25)22(28-19-14-27-30(15-19)20-1-2-20)12-23(21)29-9-5-17(6-10-29)16-3-7-26-8-4-16/h3-4,7-8,11-15,17,20,25,28H,1-2,5-6,9-10H2. The first kappa shape index (κ1) is 19.1. The van der Waals surface area contributed by atoms with E-state index >= 15 is 0 Å². The minimum absolute atomic E-state index is 0.547. The van der Waals surface area contributed by atoms with E-state index in [0.29, 0.717) is 17.0 Å². The highest BCUT2D eigenvalue weighted by molar-refractivity contribution is 6.33. The lowest BCUT2D eigenvalue weighted by Crippen LogP contribution is -2.33. The van der Waals surface area contributed by atoms with Crippen molar-refractivity contribution in [1.82, 2.24) is 14.8 Å². The van der Waals surface area contributed by atoms with Crippen LogP contribution in [0.3, 0.4) is 0 Å². The topological polar surface area (TPSA) is 69.8 Å². The predicted octanol–water partition coefficient (Wildman–Crippen LogP) is 5.39. The van der Waals surface area contributed by atoms with Gasteiger partial charge in [-0.2, -0.15) is 5.10 Å². The van der Waals surface area contributed by atoms with E-state index in [1.165, 1.54) is 24.6 Å². The van der Waals surface area contributed by atoms with Gasteiger partial charge in [-0.25, -0.2) is 0 Å². The van der Waals surface area contributed by atoms with Gasteiger partial charge >= 0.3 is 0 Å². The molecule has 2 aromatic heterocycles. The van der Waals surface area contributed by atoms with E-state index in [-0.39, 0.29) is 0 Å². The largest absolute Gasteiger partial charge is 0.370 e. The summed E-state index contributed by atoms with van der Waals surface area (Å²) < 4.78 is 2.02. The Morgan fingerprint density at radius 3 is 2.57 bits per heavy atom. The number of aromatic nitrogens is 3. The van der Waals surface area contributed by atoms with Crippen LogP contribution in [0.15, 0.2) is 49.1 Å². The highest BCUT2D eigenvalue weighted by Gasteiger charge is 2.25. The highest BCUT2D eigenvalue weighted by atomic mass is 35.5. The van der Waals surface area contributed by atoms with Crippen molar-refractivity contribution in [1.29, 1.82) is 5.41 Å². The van der Waals surface area contributed by atoms with Crippen LogP contribution in [0, 0.1) is 5.41 Å². The van der Waals surface area contributed by atoms with Crippen molar-refractivity contribution in [3.05, 3.63) is 65.2 Å². The van der Waals surface area contributed by atoms with E-state index < -0.39 is 0 Å². The SMILES string of the molecule is N=Cc1cc(Cl)c(N2CCC(c3ccncc3)CC2)cc1Nc1cnn(C2CC2)c1. The summed E-state index contributed by atoms with van der Waals surface area (Å²) >= 11 is 6.63. The Bertz CT molecular complexity index is 1040. The molecule has 0 radical (unpaired) electrons. The summed E-state index contributed by atoms with van der Waals surface area (Å²) in [5, 5.41) is 16.4. The molecule has 2 N–H and O–H groups in total. The van der Waals surface area contributed by atoms with E-state index in [2.05, 4.69) is 38.5 Å². The Hall–Kier alpha value is -2.86. The molecule has 6 nitrogen and oxygen atoms in total. The van der Waals surface area contributed by atoms with Gasteiger partial charge in [0.05, 0.1) is 28.6 Å². The van der Waals surface area contributed by atoms with Gasteiger partial charge in [0.25, 0.3) is 0 Å². The summed E-state index contributed by atoms with van der Waals surface area (Å²) in [7, 11) is 0. The van der Waals surface area contributed by atoms with Gasteiger partial charge in [-0.1, -0.05) is 11.6 Å².